The Bertz CT molecular complexity index is 1170. The average molecular weight is 473 g/mol. The van der Waals surface area contributed by atoms with Crippen molar-refractivity contribution >= 4 is 18.0 Å². The molecule has 3 aromatic carbocycles. The Kier molecular flexibility index (Phi) is 7.45. The highest BCUT2D eigenvalue weighted by Gasteiger charge is 2.31. The van der Waals surface area contributed by atoms with E-state index in [1.807, 2.05) is 43.3 Å². The maximum absolute atomic E-state index is 13.0. The lowest BCUT2D eigenvalue weighted by Crippen LogP contribution is -2.47. The number of rotatable bonds is 9. The predicted octanol–water partition coefficient (Wildman–Crippen LogP) is 4.64. The molecule has 0 saturated carbocycles. The summed E-state index contributed by atoms with van der Waals surface area (Å²) in [6.45, 7) is 1.95. The van der Waals surface area contributed by atoms with Crippen LogP contribution in [0.25, 0.3) is 11.1 Å². The Morgan fingerprint density at radius 2 is 1.43 bits per heavy atom. The quantitative estimate of drug-likeness (QED) is 0.421. The number of ether oxygens (including phenoxy) is 1. The molecule has 0 fully saturated rings. The van der Waals surface area contributed by atoms with Crippen LogP contribution in [0.15, 0.2) is 78.9 Å². The number of carboxylic acids is 1. The van der Waals surface area contributed by atoms with E-state index in [0.29, 0.717) is 12.0 Å². The summed E-state index contributed by atoms with van der Waals surface area (Å²) in [5.74, 6) is -1.84. The molecule has 0 spiro atoms. The molecule has 0 aliphatic heterocycles. The zero-order valence-corrected chi connectivity index (χ0v) is 19.4. The van der Waals surface area contributed by atoms with Crippen molar-refractivity contribution in [3.05, 3.63) is 95.6 Å². The van der Waals surface area contributed by atoms with Gasteiger partial charge in [0.05, 0.1) is 0 Å². The number of nitrogens with one attached hydrogen (secondary N) is 2. The third-order valence-corrected chi connectivity index (χ3v) is 6.19. The molecule has 3 aromatic rings. The molecule has 4 rings (SSSR count). The number of carbonyl (C=O) groups excluding carboxylic acids is 2. The third kappa shape index (κ3) is 5.35. The van der Waals surface area contributed by atoms with Gasteiger partial charge in [0.15, 0.2) is 0 Å². The fourth-order valence-corrected chi connectivity index (χ4v) is 4.50. The number of hydrogen-bond donors (Lipinski definition) is 3. The van der Waals surface area contributed by atoms with E-state index in [4.69, 9.17) is 4.74 Å². The van der Waals surface area contributed by atoms with Gasteiger partial charge in [-0.05, 0) is 34.2 Å². The molecular formula is C28H28N2O5. The van der Waals surface area contributed by atoms with Gasteiger partial charge in [0.25, 0.3) is 0 Å². The third-order valence-electron chi connectivity index (χ3n) is 6.19. The van der Waals surface area contributed by atoms with Crippen LogP contribution in [0.3, 0.4) is 0 Å². The molecule has 3 N–H and O–H groups in total. The van der Waals surface area contributed by atoms with E-state index in [2.05, 4.69) is 22.8 Å². The van der Waals surface area contributed by atoms with Crippen molar-refractivity contribution in [2.24, 2.45) is 0 Å². The first-order chi connectivity index (χ1) is 17.0. The second-order valence-corrected chi connectivity index (χ2v) is 8.50. The zero-order chi connectivity index (χ0) is 24.8. The first-order valence-corrected chi connectivity index (χ1v) is 11.7. The van der Waals surface area contributed by atoms with E-state index in [1.165, 1.54) is 0 Å². The summed E-state index contributed by atoms with van der Waals surface area (Å²) in [5.41, 5.74) is 4.94. The second-order valence-electron chi connectivity index (χ2n) is 8.50. The highest BCUT2D eigenvalue weighted by Crippen LogP contribution is 2.44. The topological polar surface area (TPSA) is 105 Å². The monoisotopic (exact) mass is 472 g/mol. The molecule has 2 atom stereocenters. The van der Waals surface area contributed by atoms with Gasteiger partial charge in [-0.3, -0.25) is 4.79 Å². The van der Waals surface area contributed by atoms with Crippen LogP contribution in [0.2, 0.25) is 0 Å². The first kappa shape index (κ1) is 24.0. The van der Waals surface area contributed by atoms with Gasteiger partial charge in [0.2, 0.25) is 5.91 Å². The number of fused-ring (bicyclic) bond motifs is 3. The van der Waals surface area contributed by atoms with Crippen molar-refractivity contribution in [1.82, 2.24) is 10.6 Å². The van der Waals surface area contributed by atoms with Gasteiger partial charge in [-0.1, -0.05) is 92.2 Å². The highest BCUT2D eigenvalue weighted by molar-refractivity contribution is 5.90. The SMILES string of the molecule is CCC[C@@H](NC(=O)[C@@H](NC(=O)OCC1c2ccccc2-c2ccccc21)c1ccccc1)C(=O)O. The standard InChI is InChI=1S/C28H28N2O5/c1-2-10-24(27(32)33)29-26(31)25(18-11-4-3-5-12-18)30-28(34)35-17-23-21-15-8-6-13-19(21)20-14-7-9-16-22(20)23/h3-9,11-16,23-25H,2,10,17H2,1H3,(H,29,31)(H,30,34)(H,32,33)/t24-,25+/m1/s1. The van der Waals surface area contributed by atoms with E-state index in [0.717, 1.165) is 22.3 Å². The number of carboxylic acid groups (broad SMARTS) is 1. The Hall–Kier alpha value is -4.13. The van der Waals surface area contributed by atoms with Crippen molar-refractivity contribution in [2.75, 3.05) is 6.61 Å². The van der Waals surface area contributed by atoms with Gasteiger partial charge in [0.1, 0.15) is 18.7 Å². The molecule has 0 saturated heterocycles. The average Bonchev–Trinajstić information content (AvgIpc) is 3.20. The number of aliphatic carboxylic acids is 1. The minimum atomic E-state index is -1.12. The number of amides is 2. The number of alkyl carbamates (subject to hydrolysis) is 1. The van der Waals surface area contributed by atoms with E-state index in [1.54, 1.807) is 30.3 Å². The van der Waals surface area contributed by atoms with Crippen LogP contribution in [0, 0.1) is 0 Å². The molecular weight excluding hydrogens is 444 g/mol. The smallest absolute Gasteiger partial charge is 0.408 e. The van der Waals surface area contributed by atoms with Crippen LogP contribution in [0.4, 0.5) is 4.79 Å². The molecule has 7 heteroatoms. The van der Waals surface area contributed by atoms with E-state index < -0.39 is 30.1 Å². The molecule has 2 amide bonds. The van der Waals surface area contributed by atoms with E-state index in [9.17, 15) is 19.5 Å². The van der Waals surface area contributed by atoms with Crippen molar-refractivity contribution < 1.29 is 24.2 Å². The Morgan fingerprint density at radius 3 is 2.00 bits per heavy atom. The second kappa shape index (κ2) is 10.9. The van der Waals surface area contributed by atoms with Crippen molar-refractivity contribution in [2.45, 2.75) is 37.8 Å². The molecule has 1 aliphatic carbocycles. The van der Waals surface area contributed by atoms with Crippen molar-refractivity contribution in [3.8, 4) is 11.1 Å². The Balaban J connectivity index is 1.48. The Labute approximate surface area is 204 Å². The number of benzene rings is 3. The lowest BCUT2D eigenvalue weighted by Gasteiger charge is -2.22. The fraction of sp³-hybridized carbons (Fsp3) is 0.250. The molecule has 7 nitrogen and oxygen atoms in total. The summed E-state index contributed by atoms with van der Waals surface area (Å²) in [7, 11) is 0. The maximum Gasteiger partial charge on any atom is 0.408 e. The zero-order valence-electron chi connectivity index (χ0n) is 19.4. The van der Waals surface area contributed by atoms with Crippen LogP contribution in [0.5, 0.6) is 0 Å². The van der Waals surface area contributed by atoms with Crippen LogP contribution in [-0.2, 0) is 14.3 Å². The largest absolute Gasteiger partial charge is 0.480 e. The van der Waals surface area contributed by atoms with Gasteiger partial charge < -0.3 is 20.5 Å². The molecule has 0 aromatic heterocycles. The van der Waals surface area contributed by atoms with Gasteiger partial charge in [-0.15, -0.1) is 0 Å². The van der Waals surface area contributed by atoms with Gasteiger partial charge in [0, 0.05) is 5.92 Å². The highest BCUT2D eigenvalue weighted by atomic mass is 16.5. The molecule has 0 radical (unpaired) electrons. The van der Waals surface area contributed by atoms with Gasteiger partial charge in [-0.2, -0.15) is 0 Å². The molecule has 0 heterocycles. The fourth-order valence-electron chi connectivity index (χ4n) is 4.50. The maximum atomic E-state index is 13.0. The van der Waals surface area contributed by atoms with E-state index >= 15 is 0 Å². The lowest BCUT2D eigenvalue weighted by molar-refractivity contribution is -0.142. The lowest BCUT2D eigenvalue weighted by atomic mass is 9.98. The van der Waals surface area contributed by atoms with Crippen molar-refractivity contribution in [3.63, 3.8) is 0 Å². The molecule has 35 heavy (non-hydrogen) atoms. The minimum absolute atomic E-state index is 0.108. The summed E-state index contributed by atoms with van der Waals surface area (Å²) in [5, 5.41) is 14.6. The van der Waals surface area contributed by atoms with Gasteiger partial charge in [-0.25, -0.2) is 9.59 Å². The Morgan fingerprint density at radius 1 is 0.857 bits per heavy atom. The minimum Gasteiger partial charge on any atom is -0.480 e. The first-order valence-electron chi connectivity index (χ1n) is 11.7. The molecule has 180 valence electrons. The predicted molar refractivity (Wildman–Crippen MR) is 132 cm³/mol. The summed E-state index contributed by atoms with van der Waals surface area (Å²) in [6, 6.07) is 22.6. The summed E-state index contributed by atoms with van der Waals surface area (Å²) < 4.78 is 5.60. The summed E-state index contributed by atoms with van der Waals surface area (Å²) in [4.78, 5) is 37.4. The van der Waals surface area contributed by atoms with Crippen LogP contribution in [-0.4, -0.2) is 35.7 Å². The van der Waals surface area contributed by atoms with Crippen LogP contribution in [0.1, 0.15) is 48.4 Å². The molecule has 1 aliphatic rings. The molecule has 0 unspecified atom stereocenters. The normalized spacial score (nSPS) is 13.7. The molecule has 0 bridgehead atoms. The van der Waals surface area contributed by atoms with Crippen LogP contribution < -0.4 is 10.6 Å². The number of hydrogen-bond acceptors (Lipinski definition) is 4. The van der Waals surface area contributed by atoms with Crippen molar-refractivity contribution in [1.29, 1.82) is 0 Å². The number of carbonyl (C=O) groups is 3. The van der Waals surface area contributed by atoms with Gasteiger partial charge >= 0.3 is 12.1 Å². The summed E-state index contributed by atoms with van der Waals surface area (Å²) >= 11 is 0. The van der Waals surface area contributed by atoms with E-state index in [-0.39, 0.29) is 18.9 Å². The van der Waals surface area contributed by atoms with Crippen LogP contribution >= 0.6 is 0 Å². The summed E-state index contributed by atoms with van der Waals surface area (Å²) in [6.07, 6.45) is 0.124.